The van der Waals surface area contributed by atoms with Crippen LogP contribution in [-0.4, -0.2) is 27.8 Å². The second-order valence-electron chi connectivity index (χ2n) is 5.51. The summed E-state index contributed by atoms with van der Waals surface area (Å²) in [5.74, 6) is -0.705. The molecule has 1 heterocycles. The first-order valence-corrected chi connectivity index (χ1v) is 9.32. The van der Waals surface area contributed by atoms with Gasteiger partial charge in [-0.15, -0.1) is 0 Å². The molecule has 7 heteroatoms. The molecule has 138 valence electrons. The molecule has 0 saturated heterocycles. The fraction of sp³-hybridized carbons (Fsp3) is 0.100. The fourth-order valence-electron chi connectivity index (χ4n) is 2.37. The minimum absolute atomic E-state index is 0.00629. The van der Waals surface area contributed by atoms with Crippen molar-refractivity contribution in [1.82, 2.24) is 0 Å². The maximum Gasteiger partial charge on any atom is 0.344 e. The molecule has 0 unspecified atom stereocenters. The van der Waals surface area contributed by atoms with Crippen LogP contribution >= 0.6 is 23.4 Å². The van der Waals surface area contributed by atoms with Gasteiger partial charge in [-0.2, -0.15) is 0 Å². The Kier molecular flexibility index (Phi) is 5.88. The predicted octanol–water partition coefficient (Wildman–Crippen LogP) is 5.24. The molecule has 1 aliphatic rings. The van der Waals surface area contributed by atoms with Crippen molar-refractivity contribution in [2.24, 2.45) is 4.99 Å². The molecule has 0 radical (unpaired) electrons. The summed E-state index contributed by atoms with van der Waals surface area (Å²) < 4.78 is 5.06. The van der Waals surface area contributed by atoms with Gasteiger partial charge in [-0.3, -0.25) is 0 Å². The molecule has 0 spiro atoms. The minimum Gasteiger partial charge on any atom is -0.508 e. The minimum atomic E-state index is -0.651. The van der Waals surface area contributed by atoms with Crippen LogP contribution in [0.5, 0.6) is 5.75 Å². The van der Waals surface area contributed by atoms with Gasteiger partial charge in [0, 0.05) is 0 Å². The molecule has 0 amide bonds. The maximum absolute atomic E-state index is 12.4. The summed E-state index contributed by atoms with van der Waals surface area (Å²) in [6.45, 7) is 1.87. The number of aliphatic imine (C=N–C) groups is 1. The normalized spacial score (nSPS) is 17.0. The molecule has 0 atom stereocenters. The number of para-hydroxylation sites is 1. The van der Waals surface area contributed by atoms with Gasteiger partial charge in [0.2, 0.25) is 0 Å². The van der Waals surface area contributed by atoms with E-state index >= 15 is 0 Å². The summed E-state index contributed by atoms with van der Waals surface area (Å²) in [6, 6.07) is 13.5. The first-order chi connectivity index (χ1) is 13.0. The zero-order valence-electron chi connectivity index (χ0n) is 14.3. The van der Waals surface area contributed by atoms with E-state index in [9.17, 15) is 15.0 Å². The smallest absolute Gasteiger partial charge is 0.344 e. The van der Waals surface area contributed by atoms with Gasteiger partial charge in [0.25, 0.3) is 0 Å². The molecular formula is C20H16ClNO4S. The molecule has 0 saturated carbocycles. The topological polar surface area (TPSA) is 79.1 Å². The molecule has 2 N–H and O–H groups in total. The van der Waals surface area contributed by atoms with Crippen LogP contribution in [-0.2, 0) is 9.53 Å². The summed E-state index contributed by atoms with van der Waals surface area (Å²) in [5.41, 5.74) is 1.25. The Morgan fingerprint density at radius 1 is 1.19 bits per heavy atom. The van der Waals surface area contributed by atoms with Crippen molar-refractivity contribution in [2.75, 3.05) is 6.61 Å². The second kappa shape index (κ2) is 8.33. The highest BCUT2D eigenvalue weighted by atomic mass is 35.5. The van der Waals surface area contributed by atoms with E-state index in [1.165, 1.54) is 12.1 Å². The number of aliphatic hydroxyl groups is 1. The number of halogens is 1. The molecule has 0 fully saturated rings. The summed E-state index contributed by atoms with van der Waals surface area (Å²) in [7, 11) is 0. The van der Waals surface area contributed by atoms with E-state index in [1.54, 1.807) is 49.4 Å². The van der Waals surface area contributed by atoms with Crippen molar-refractivity contribution < 1.29 is 19.7 Å². The first kappa shape index (κ1) is 19.1. The van der Waals surface area contributed by atoms with E-state index in [2.05, 4.69) is 4.99 Å². The first-order valence-electron chi connectivity index (χ1n) is 8.12. The summed E-state index contributed by atoms with van der Waals surface area (Å²) in [5, 5.41) is 20.7. The standard InChI is InChI=1S/C20H16ClNO4S/c1-2-26-20(25)17-18(24)16(11-12-7-9-13(23)10-8-12)27-19(17)22-15-6-4-3-5-14(15)21/h3-11,23-24H,2H2,1H3. The lowest BCUT2D eigenvalue weighted by Crippen LogP contribution is -2.12. The van der Waals surface area contributed by atoms with Crippen LogP contribution < -0.4 is 0 Å². The van der Waals surface area contributed by atoms with Gasteiger partial charge in [-0.25, -0.2) is 9.79 Å². The number of phenols is 1. The van der Waals surface area contributed by atoms with E-state index in [0.29, 0.717) is 20.7 Å². The average molecular weight is 402 g/mol. The number of hydrogen-bond acceptors (Lipinski definition) is 6. The highest BCUT2D eigenvalue weighted by Crippen LogP contribution is 2.41. The number of carbonyl (C=O) groups excluding carboxylic acids is 1. The van der Waals surface area contributed by atoms with Crippen molar-refractivity contribution in [3.63, 3.8) is 0 Å². The highest BCUT2D eigenvalue weighted by Gasteiger charge is 2.33. The molecule has 1 aliphatic heterocycles. The van der Waals surface area contributed by atoms with Crippen molar-refractivity contribution in [1.29, 1.82) is 0 Å². The summed E-state index contributed by atoms with van der Waals surface area (Å²) in [6.07, 6.45) is 1.70. The zero-order chi connectivity index (χ0) is 19.4. The van der Waals surface area contributed by atoms with Crippen LogP contribution in [0.3, 0.4) is 0 Å². The summed E-state index contributed by atoms with van der Waals surface area (Å²) >= 11 is 7.31. The third-order valence-corrected chi connectivity index (χ3v) is 4.98. The van der Waals surface area contributed by atoms with Crippen LogP contribution in [0.1, 0.15) is 12.5 Å². The van der Waals surface area contributed by atoms with Crippen LogP contribution in [0.15, 0.2) is 69.8 Å². The molecule has 0 aromatic heterocycles. The Hall–Kier alpha value is -2.70. The number of benzene rings is 2. The number of aliphatic hydroxyl groups excluding tert-OH is 1. The number of ether oxygens (including phenoxy) is 1. The predicted molar refractivity (Wildman–Crippen MR) is 109 cm³/mol. The third-order valence-electron chi connectivity index (χ3n) is 3.64. The van der Waals surface area contributed by atoms with Gasteiger partial charge in [0.05, 0.1) is 22.2 Å². The number of phenolic OH excluding ortho intramolecular Hbond substituents is 1. The summed E-state index contributed by atoms with van der Waals surface area (Å²) in [4.78, 5) is 17.3. The van der Waals surface area contributed by atoms with Crippen LogP contribution in [0, 0.1) is 0 Å². The van der Waals surface area contributed by atoms with Crippen LogP contribution in [0.25, 0.3) is 6.08 Å². The molecule has 3 rings (SSSR count). The van der Waals surface area contributed by atoms with Crippen LogP contribution in [0.2, 0.25) is 5.02 Å². The van der Waals surface area contributed by atoms with Gasteiger partial charge in [-0.05, 0) is 42.8 Å². The zero-order valence-corrected chi connectivity index (χ0v) is 15.9. The molecule has 2 aromatic carbocycles. The lowest BCUT2D eigenvalue weighted by atomic mass is 10.1. The van der Waals surface area contributed by atoms with Gasteiger partial charge >= 0.3 is 5.97 Å². The SMILES string of the molecule is CCOC(=O)C1=C(O)C(=Cc2ccc(O)cc2)SC1=Nc1ccccc1Cl. The number of nitrogens with zero attached hydrogens (tertiary/aromatic N) is 1. The van der Waals surface area contributed by atoms with E-state index in [4.69, 9.17) is 16.3 Å². The van der Waals surface area contributed by atoms with Crippen LogP contribution in [0.4, 0.5) is 5.69 Å². The number of hydrogen-bond donors (Lipinski definition) is 2. The molecule has 0 aliphatic carbocycles. The number of carbonyl (C=O) groups is 1. The van der Waals surface area contributed by atoms with Crippen molar-refractivity contribution in [2.45, 2.75) is 6.92 Å². The number of aromatic hydroxyl groups is 1. The van der Waals surface area contributed by atoms with Crippen molar-refractivity contribution in [3.05, 3.63) is 75.4 Å². The molecular weight excluding hydrogens is 386 g/mol. The Morgan fingerprint density at radius 2 is 1.89 bits per heavy atom. The maximum atomic E-state index is 12.4. The quantitative estimate of drug-likeness (QED) is 0.685. The Balaban J connectivity index is 2.05. The number of rotatable bonds is 4. The Morgan fingerprint density at radius 3 is 2.56 bits per heavy atom. The van der Waals surface area contributed by atoms with E-state index in [0.717, 1.165) is 17.3 Å². The molecule has 5 nitrogen and oxygen atoms in total. The largest absolute Gasteiger partial charge is 0.508 e. The van der Waals surface area contributed by atoms with Gasteiger partial charge < -0.3 is 14.9 Å². The van der Waals surface area contributed by atoms with E-state index in [-0.39, 0.29) is 23.7 Å². The van der Waals surface area contributed by atoms with Gasteiger partial charge in [-0.1, -0.05) is 47.6 Å². The van der Waals surface area contributed by atoms with Crippen molar-refractivity contribution in [3.8, 4) is 5.75 Å². The average Bonchev–Trinajstić information content (AvgIpc) is 2.94. The third kappa shape index (κ3) is 4.35. The van der Waals surface area contributed by atoms with Gasteiger partial charge in [0.1, 0.15) is 22.1 Å². The van der Waals surface area contributed by atoms with Crippen molar-refractivity contribution >= 4 is 46.1 Å². The number of esters is 1. The van der Waals surface area contributed by atoms with E-state index in [1.807, 2.05) is 0 Å². The van der Waals surface area contributed by atoms with E-state index < -0.39 is 5.97 Å². The Bertz CT molecular complexity index is 964. The lowest BCUT2D eigenvalue weighted by Gasteiger charge is -2.04. The number of thioether (sulfide) groups is 1. The lowest BCUT2D eigenvalue weighted by molar-refractivity contribution is -0.138. The molecule has 0 bridgehead atoms. The highest BCUT2D eigenvalue weighted by molar-refractivity contribution is 8.18. The Labute approximate surface area is 165 Å². The molecule has 27 heavy (non-hydrogen) atoms. The second-order valence-corrected chi connectivity index (χ2v) is 6.95. The molecule has 2 aromatic rings. The fourth-order valence-corrected chi connectivity index (χ4v) is 3.57. The van der Waals surface area contributed by atoms with Gasteiger partial charge in [0.15, 0.2) is 0 Å². The monoisotopic (exact) mass is 401 g/mol.